The number of rotatable bonds is 5. The number of esters is 1. The van der Waals surface area contributed by atoms with E-state index in [9.17, 15) is 14.3 Å². The number of hydrogen-bond acceptors (Lipinski definition) is 5. The molecule has 5 rings (SSSR count). The first-order valence-corrected chi connectivity index (χ1v) is 11.0. The third kappa shape index (κ3) is 3.95. The van der Waals surface area contributed by atoms with Crippen molar-refractivity contribution < 1.29 is 19.0 Å². The Morgan fingerprint density at radius 2 is 1.88 bits per heavy atom. The van der Waals surface area contributed by atoms with Crippen molar-refractivity contribution in [3.8, 4) is 28.1 Å². The summed E-state index contributed by atoms with van der Waals surface area (Å²) < 4.78 is 21.4. The van der Waals surface area contributed by atoms with E-state index in [1.807, 2.05) is 36.0 Å². The molecule has 0 fully saturated rings. The molecule has 34 heavy (non-hydrogen) atoms. The highest BCUT2D eigenvalue weighted by Gasteiger charge is 2.27. The Kier molecular flexibility index (Phi) is 5.63. The molecular formula is C27H24FN3O3. The number of aromatic hydroxyl groups is 1. The van der Waals surface area contributed by atoms with Gasteiger partial charge in [-0.05, 0) is 54.6 Å². The van der Waals surface area contributed by atoms with Crippen molar-refractivity contribution in [1.29, 1.82) is 0 Å². The van der Waals surface area contributed by atoms with Crippen molar-refractivity contribution in [3.63, 3.8) is 0 Å². The largest absolute Gasteiger partial charge is 0.507 e. The van der Waals surface area contributed by atoms with Gasteiger partial charge >= 0.3 is 5.97 Å². The van der Waals surface area contributed by atoms with Crippen LogP contribution in [-0.2, 0) is 24.4 Å². The second kappa shape index (κ2) is 8.76. The summed E-state index contributed by atoms with van der Waals surface area (Å²) in [6.45, 7) is 1.83. The highest BCUT2D eigenvalue weighted by atomic mass is 19.1. The number of phenols is 1. The van der Waals surface area contributed by atoms with Gasteiger partial charge in [0.25, 0.3) is 0 Å². The van der Waals surface area contributed by atoms with Gasteiger partial charge in [0.05, 0.1) is 30.6 Å². The lowest BCUT2D eigenvalue weighted by molar-refractivity contribution is 0.0600. The van der Waals surface area contributed by atoms with Crippen molar-refractivity contribution in [3.05, 3.63) is 94.9 Å². The van der Waals surface area contributed by atoms with Gasteiger partial charge in [0, 0.05) is 29.8 Å². The van der Waals surface area contributed by atoms with Gasteiger partial charge < -0.3 is 9.84 Å². The minimum Gasteiger partial charge on any atom is -0.507 e. The van der Waals surface area contributed by atoms with Crippen molar-refractivity contribution in [2.45, 2.75) is 19.6 Å². The molecule has 1 aliphatic heterocycles. The molecule has 1 aromatic heterocycles. The zero-order valence-corrected chi connectivity index (χ0v) is 19.0. The Balaban J connectivity index is 1.55. The molecule has 172 valence electrons. The first kappa shape index (κ1) is 21.9. The van der Waals surface area contributed by atoms with Crippen LogP contribution < -0.4 is 0 Å². The van der Waals surface area contributed by atoms with Crippen LogP contribution in [0.4, 0.5) is 4.39 Å². The Morgan fingerprint density at radius 3 is 2.68 bits per heavy atom. The lowest BCUT2D eigenvalue weighted by atomic mass is 9.99. The third-order valence-electron chi connectivity index (χ3n) is 6.10. The molecule has 3 aromatic carbocycles. The normalized spacial score (nSPS) is 13.1. The van der Waals surface area contributed by atoms with Gasteiger partial charge in [-0.3, -0.25) is 9.58 Å². The van der Waals surface area contributed by atoms with E-state index in [0.29, 0.717) is 41.9 Å². The van der Waals surface area contributed by atoms with Crippen molar-refractivity contribution in [2.75, 3.05) is 14.2 Å². The Morgan fingerprint density at radius 1 is 1.06 bits per heavy atom. The molecule has 2 heterocycles. The van der Waals surface area contributed by atoms with Crippen LogP contribution in [0.5, 0.6) is 5.75 Å². The van der Waals surface area contributed by atoms with Gasteiger partial charge in [-0.2, -0.15) is 5.10 Å². The van der Waals surface area contributed by atoms with E-state index in [1.165, 1.54) is 13.2 Å². The standard InChI is InChI=1S/C27H24FN3O3/c1-30-15-22-24(16-30)29-31(26(22)20-8-3-4-9-23(20)28)14-17-10-11-25(32)21(12-17)18-6-5-7-19(13-18)27(33)34-2/h3-13,32H,14-16H2,1-2H3. The average molecular weight is 458 g/mol. The minimum absolute atomic E-state index is 0.102. The molecular weight excluding hydrogens is 433 g/mol. The first-order valence-electron chi connectivity index (χ1n) is 11.0. The number of phenolic OH excluding ortho intramolecular Hbond substituents is 1. The zero-order chi connectivity index (χ0) is 23.8. The summed E-state index contributed by atoms with van der Waals surface area (Å²) in [5.41, 5.74) is 5.87. The second-order valence-corrected chi connectivity index (χ2v) is 8.51. The number of fused-ring (bicyclic) bond motifs is 1. The van der Waals surface area contributed by atoms with E-state index in [0.717, 1.165) is 22.5 Å². The molecule has 0 spiro atoms. The maximum Gasteiger partial charge on any atom is 0.337 e. The van der Waals surface area contributed by atoms with E-state index < -0.39 is 5.97 Å². The van der Waals surface area contributed by atoms with Crippen molar-refractivity contribution >= 4 is 5.97 Å². The number of ether oxygens (including phenoxy) is 1. The van der Waals surface area contributed by atoms with Crippen LogP contribution >= 0.6 is 0 Å². The van der Waals surface area contributed by atoms with Crippen LogP contribution in [0.1, 0.15) is 27.2 Å². The molecule has 4 aromatic rings. The highest BCUT2D eigenvalue weighted by Crippen LogP contribution is 2.35. The molecule has 0 unspecified atom stereocenters. The number of methoxy groups -OCH3 is 1. The highest BCUT2D eigenvalue weighted by molar-refractivity contribution is 5.91. The summed E-state index contributed by atoms with van der Waals surface area (Å²) in [5.74, 6) is -0.625. The second-order valence-electron chi connectivity index (χ2n) is 8.51. The van der Waals surface area contributed by atoms with E-state index in [2.05, 4.69) is 4.90 Å². The van der Waals surface area contributed by atoms with Crippen LogP contribution in [-0.4, -0.2) is 39.9 Å². The number of hydrogen-bond donors (Lipinski definition) is 1. The maximum atomic E-state index is 14.8. The fourth-order valence-corrected chi connectivity index (χ4v) is 4.51. The quantitative estimate of drug-likeness (QED) is 0.435. The Labute approximate surface area is 196 Å². The van der Waals surface area contributed by atoms with E-state index in [-0.39, 0.29) is 11.6 Å². The monoisotopic (exact) mass is 457 g/mol. The summed E-state index contributed by atoms with van der Waals surface area (Å²) in [5, 5.41) is 15.4. The molecule has 1 aliphatic rings. The predicted molar refractivity (Wildman–Crippen MR) is 127 cm³/mol. The van der Waals surface area contributed by atoms with Crippen LogP contribution in [0.2, 0.25) is 0 Å². The SMILES string of the molecule is COC(=O)c1cccc(-c2cc(Cn3nc4c(c3-c3ccccc3F)CN(C)C4)ccc2O)c1. The van der Waals surface area contributed by atoms with E-state index in [1.54, 1.807) is 36.4 Å². The fraction of sp³-hybridized carbons (Fsp3) is 0.185. The van der Waals surface area contributed by atoms with Gasteiger partial charge in [0.1, 0.15) is 11.6 Å². The summed E-state index contributed by atoms with van der Waals surface area (Å²) >= 11 is 0. The first-order chi connectivity index (χ1) is 16.4. The van der Waals surface area contributed by atoms with Gasteiger partial charge in [-0.1, -0.05) is 30.3 Å². The molecule has 0 saturated heterocycles. The Bertz CT molecular complexity index is 1400. The number of carbonyl (C=O) groups is 1. The van der Waals surface area contributed by atoms with Crippen LogP contribution in [0, 0.1) is 5.82 Å². The van der Waals surface area contributed by atoms with Crippen LogP contribution in [0.15, 0.2) is 66.7 Å². The van der Waals surface area contributed by atoms with Crippen molar-refractivity contribution in [1.82, 2.24) is 14.7 Å². The molecule has 1 N–H and O–H groups in total. The number of halogens is 1. The maximum absolute atomic E-state index is 14.8. The number of nitrogens with zero attached hydrogens (tertiary/aromatic N) is 3. The lowest BCUT2D eigenvalue weighted by Crippen LogP contribution is -2.13. The molecule has 0 atom stereocenters. The van der Waals surface area contributed by atoms with Crippen molar-refractivity contribution in [2.24, 2.45) is 0 Å². The summed E-state index contributed by atoms with van der Waals surface area (Å²) in [7, 11) is 3.35. The topological polar surface area (TPSA) is 67.6 Å². The van der Waals surface area contributed by atoms with Crippen LogP contribution in [0.25, 0.3) is 22.4 Å². The summed E-state index contributed by atoms with van der Waals surface area (Å²) in [6, 6.07) is 19.0. The molecule has 0 aliphatic carbocycles. The molecule has 6 nitrogen and oxygen atoms in total. The minimum atomic E-state index is -0.442. The third-order valence-corrected chi connectivity index (χ3v) is 6.10. The summed E-state index contributed by atoms with van der Waals surface area (Å²) in [4.78, 5) is 14.1. The fourth-order valence-electron chi connectivity index (χ4n) is 4.51. The molecule has 7 heteroatoms. The number of aromatic nitrogens is 2. The molecule has 0 saturated carbocycles. The zero-order valence-electron chi connectivity index (χ0n) is 19.0. The predicted octanol–water partition coefficient (Wildman–Crippen LogP) is 4.84. The number of carbonyl (C=O) groups excluding carboxylic acids is 1. The molecule has 0 amide bonds. The van der Waals surface area contributed by atoms with Gasteiger partial charge in [0.2, 0.25) is 0 Å². The van der Waals surface area contributed by atoms with Crippen LogP contribution in [0.3, 0.4) is 0 Å². The van der Waals surface area contributed by atoms with Gasteiger partial charge in [0.15, 0.2) is 0 Å². The van der Waals surface area contributed by atoms with Gasteiger partial charge in [-0.15, -0.1) is 0 Å². The smallest absolute Gasteiger partial charge is 0.337 e. The molecule has 0 bridgehead atoms. The van der Waals surface area contributed by atoms with E-state index in [4.69, 9.17) is 9.84 Å². The average Bonchev–Trinajstić information content (AvgIpc) is 3.35. The summed E-state index contributed by atoms with van der Waals surface area (Å²) in [6.07, 6.45) is 0. The molecule has 0 radical (unpaired) electrons. The number of benzene rings is 3. The van der Waals surface area contributed by atoms with Gasteiger partial charge in [-0.25, -0.2) is 9.18 Å². The Hall–Kier alpha value is -3.97. The van der Waals surface area contributed by atoms with E-state index >= 15 is 0 Å². The lowest BCUT2D eigenvalue weighted by Gasteiger charge is -2.14.